The maximum Gasteiger partial charge on any atom is 0.255 e. The number of rotatable bonds is 5. The summed E-state index contributed by atoms with van der Waals surface area (Å²) in [6, 6.07) is 9.02. The zero-order valence-electron chi connectivity index (χ0n) is 17.5. The first-order valence-electron chi connectivity index (χ1n) is 10.8. The van der Waals surface area contributed by atoms with Gasteiger partial charge in [-0.05, 0) is 43.2 Å². The second kappa shape index (κ2) is 8.57. The topological polar surface area (TPSA) is 31.7 Å². The Labute approximate surface area is 172 Å². The van der Waals surface area contributed by atoms with Gasteiger partial charge in [0.25, 0.3) is 5.91 Å². The largest absolute Gasteiger partial charge is 0.369 e. The fourth-order valence-electron chi connectivity index (χ4n) is 4.69. The molecule has 4 rings (SSSR count). The molecular formula is C23H31FN4O. The van der Waals surface area contributed by atoms with Crippen molar-refractivity contribution in [3.8, 4) is 0 Å². The van der Waals surface area contributed by atoms with Crippen molar-refractivity contribution in [3.63, 3.8) is 0 Å². The lowest BCUT2D eigenvalue weighted by atomic mass is 10.0. The third kappa shape index (κ3) is 4.04. The van der Waals surface area contributed by atoms with Crippen molar-refractivity contribution in [2.24, 2.45) is 7.05 Å². The standard InChI is InChI=1S/C23H31FN4O/c1-3-4-11-28-13-10-21(22-20(23(28)29)9-12-25(22)2)27-16-14-26(15-17-27)19-7-5-18(24)6-8-19/h5-9,12,21H,3-4,10-11,13-17H2,1-2H3. The van der Waals surface area contributed by atoms with E-state index in [0.717, 1.165) is 75.5 Å². The summed E-state index contributed by atoms with van der Waals surface area (Å²) in [6.07, 6.45) is 5.14. The van der Waals surface area contributed by atoms with Crippen LogP contribution in [-0.4, -0.2) is 59.5 Å². The first kappa shape index (κ1) is 20.0. The number of fused-ring (bicyclic) bond motifs is 1. The minimum atomic E-state index is -0.195. The number of halogens is 1. The van der Waals surface area contributed by atoms with Gasteiger partial charge in [-0.2, -0.15) is 0 Å². The van der Waals surface area contributed by atoms with Crippen LogP contribution < -0.4 is 4.90 Å². The highest BCUT2D eigenvalue weighted by molar-refractivity contribution is 5.96. The third-order valence-corrected chi connectivity index (χ3v) is 6.35. The molecule has 156 valence electrons. The maximum absolute atomic E-state index is 13.2. The number of aromatic nitrogens is 1. The van der Waals surface area contributed by atoms with Crippen LogP contribution >= 0.6 is 0 Å². The number of carbonyl (C=O) groups excluding carboxylic acids is 1. The highest BCUT2D eigenvalue weighted by Gasteiger charge is 2.34. The summed E-state index contributed by atoms with van der Waals surface area (Å²) >= 11 is 0. The van der Waals surface area contributed by atoms with Crippen LogP contribution in [0.15, 0.2) is 36.5 Å². The van der Waals surface area contributed by atoms with Crippen molar-refractivity contribution >= 4 is 11.6 Å². The Balaban J connectivity index is 1.50. The molecule has 1 atom stereocenters. The van der Waals surface area contributed by atoms with Gasteiger partial charge in [0.2, 0.25) is 0 Å². The summed E-state index contributed by atoms with van der Waals surface area (Å²) < 4.78 is 15.4. The fraction of sp³-hybridized carbons (Fsp3) is 0.522. The zero-order chi connectivity index (χ0) is 20.4. The lowest BCUT2D eigenvalue weighted by Crippen LogP contribution is -2.48. The van der Waals surface area contributed by atoms with Gasteiger partial charge in [-0.3, -0.25) is 9.69 Å². The number of piperazine rings is 1. The summed E-state index contributed by atoms with van der Waals surface area (Å²) in [4.78, 5) is 20.0. The Morgan fingerprint density at radius 3 is 2.45 bits per heavy atom. The fourth-order valence-corrected chi connectivity index (χ4v) is 4.69. The molecular weight excluding hydrogens is 367 g/mol. The van der Waals surface area contributed by atoms with E-state index in [1.54, 1.807) is 0 Å². The SMILES string of the molecule is CCCCN1CCC(N2CCN(c3ccc(F)cc3)CC2)c2c(ccn2C)C1=O. The van der Waals surface area contributed by atoms with Gasteiger partial charge in [-0.25, -0.2) is 4.39 Å². The van der Waals surface area contributed by atoms with E-state index in [1.165, 1.54) is 12.1 Å². The number of amides is 1. The molecule has 6 heteroatoms. The number of hydrogen-bond donors (Lipinski definition) is 0. The molecule has 1 unspecified atom stereocenters. The molecule has 0 N–H and O–H groups in total. The molecule has 2 aliphatic heterocycles. The van der Waals surface area contributed by atoms with Crippen LogP contribution in [0, 0.1) is 5.82 Å². The van der Waals surface area contributed by atoms with Gasteiger partial charge in [0.1, 0.15) is 5.82 Å². The van der Waals surface area contributed by atoms with E-state index in [-0.39, 0.29) is 17.8 Å². The van der Waals surface area contributed by atoms with Crippen LogP contribution in [0.2, 0.25) is 0 Å². The molecule has 1 aromatic carbocycles. The van der Waals surface area contributed by atoms with E-state index >= 15 is 0 Å². The molecule has 2 aromatic rings. The molecule has 1 aromatic heterocycles. The molecule has 1 amide bonds. The molecule has 1 fully saturated rings. The second-order valence-electron chi connectivity index (χ2n) is 8.18. The summed E-state index contributed by atoms with van der Waals surface area (Å²) in [5.41, 5.74) is 3.10. The van der Waals surface area contributed by atoms with Crippen LogP contribution in [-0.2, 0) is 7.05 Å². The summed E-state index contributed by atoms with van der Waals surface area (Å²) in [5, 5.41) is 0. The molecule has 0 saturated carbocycles. The minimum absolute atomic E-state index is 0.182. The summed E-state index contributed by atoms with van der Waals surface area (Å²) in [6.45, 7) is 7.53. The first-order valence-corrected chi connectivity index (χ1v) is 10.8. The Morgan fingerprint density at radius 1 is 1.03 bits per heavy atom. The number of aryl methyl sites for hydroxylation is 1. The molecule has 5 nitrogen and oxygen atoms in total. The van der Waals surface area contributed by atoms with E-state index in [2.05, 4.69) is 28.3 Å². The monoisotopic (exact) mass is 398 g/mol. The van der Waals surface area contributed by atoms with E-state index < -0.39 is 0 Å². The smallest absolute Gasteiger partial charge is 0.255 e. The average molecular weight is 399 g/mol. The number of carbonyl (C=O) groups is 1. The van der Waals surface area contributed by atoms with Gasteiger partial charge in [0, 0.05) is 63.9 Å². The van der Waals surface area contributed by atoms with Crippen molar-refractivity contribution in [3.05, 3.63) is 53.6 Å². The van der Waals surface area contributed by atoms with Gasteiger partial charge >= 0.3 is 0 Å². The van der Waals surface area contributed by atoms with Gasteiger partial charge in [-0.15, -0.1) is 0 Å². The zero-order valence-corrected chi connectivity index (χ0v) is 17.5. The first-order chi connectivity index (χ1) is 14.1. The number of benzene rings is 1. The minimum Gasteiger partial charge on any atom is -0.369 e. The number of anilines is 1. The molecule has 0 bridgehead atoms. The van der Waals surface area contributed by atoms with Gasteiger partial charge in [-0.1, -0.05) is 13.3 Å². The molecule has 29 heavy (non-hydrogen) atoms. The number of unbranched alkanes of at least 4 members (excludes halogenated alkanes) is 1. The molecule has 0 aliphatic carbocycles. The molecule has 3 heterocycles. The van der Waals surface area contributed by atoms with Crippen molar-refractivity contribution in [1.82, 2.24) is 14.4 Å². The lowest BCUT2D eigenvalue weighted by molar-refractivity contribution is 0.0749. The summed E-state index contributed by atoms with van der Waals surface area (Å²) in [5.74, 6) is -0.0131. The van der Waals surface area contributed by atoms with Gasteiger partial charge in [0.15, 0.2) is 0 Å². The molecule has 0 spiro atoms. The van der Waals surface area contributed by atoms with Gasteiger partial charge in [0.05, 0.1) is 11.6 Å². The third-order valence-electron chi connectivity index (χ3n) is 6.35. The highest BCUT2D eigenvalue weighted by atomic mass is 19.1. The Morgan fingerprint density at radius 2 is 1.76 bits per heavy atom. The molecule has 1 saturated heterocycles. The van der Waals surface area contributed by atoms with E-state index in [4.69, 9.17) is 0 Å². The van der Waals surface area contributed by atoms with Crippen molar-refractivity contribution in [1.29, 1.82) is 0 Å². The lowest BCUT2D eigenvalue weighted by Gasteiger charge is -2.40. The average Bonchev–Trinajstić information content (AvgIpc) is 3.05. The number of nitrogens with zero attached hydrogens (tertiary/aromatic N) is 4. The van der Waals surface area contributed by atoms with Crippen LogP contribution in [0.3, 0.4) is 0 Å². The number of hydrogen-bond acceptors (Lipinski definition) is 3. The maximum atomic E-state index is 13.2. The Bertz CT molecular complexity index is 839. The summed E-state index contributed by atoms with van der Waals surface area (Å²) in [7, 11) is 2.05. The Kier molecular flexibility index (Phi) is 5.90. The Hall–Kier alpha value is -2.34. The molecule has 2 aliphatic rings. The normalized spacial score (nSPS) is 20.7. The van der Waals surface area contributed by atoms with Crippen LogP contribution in [0.1, 0.15) is 48.3 Å². The predicted octanol–water partition coefficient (Wildman–Crippen LogP) is 3.67. The van der Waals surface area contributed by atoms with Crippen molar-refractivity contribution < 1.29 is 9.18 Å². The van der Waals surface area contributed by atoms with E-state index in [1.807, 2.05) is 29.3 Å². The van der Waals surface area contributed by atoms with Crippen LogP contribution in [0.25, 0.3) is 0 Å². The van der Waals surface area contributed by atoms with Crippen molar-refractivity contribution in [2.45, 2.75) is 32.2 Å². The van der Waals surface area contributed by atoms with Gasteiger partial charge < -0.3 is 14.4 Å². The van der Waals surface area contributed by atoms with Crippen molar-refractivity contribution in [2.75, 3.05) is 44.2 Å². The second-order valence-corrected chi connectivity index (χ2v) is 8.18. The van der Waals surface area contributed by atoms with E-state index in [9.17, 15) is 9.18 Å². The predicted molar refractivity (Wildman–Crippen MR) is 114 cm³/mol. The van der Waals surface area contributed by atoms with Crippen LogP contribution in [0.4, 0.5) is 10.1 Å². The molecule has 0 radical (unpaired) electrons. The quantitative estimate of drug-likeness (QED) is 0.770. The highest BCUT2D eigenvalue weighted by Crippen LogP contribution is 2.33. The van der Waals surface area contributed by atoms with E-state index in [0.29, 0.717) is 0 Å². The van der Waals surface area contributed by atoms with Crippen LogP contribution in [0.5, 0.6) is 0 Å².